The Balaban J connectivity index is 1.77. The summed E-state index contributed by atoms with van der Waals surface area (Å²) in [6, 6.07) is 7.04. The Morgan fingerprint density at radius 2 is 1.64 bits per heavy atom. The smallest absolute Gasteiger partial charge is 0.163 e. The minimum absolute atomic E-state index is 0.184. The van der Waals surface area contributed by atoms with Gasteiger partial charge in [-0.1, -0.05) is 51.2 Å². The second kappa shape index (κ2) is 9.03. The molecule has 1 aromatic carbocycles. The summed E-state index contributed by atoms with van der Waals surface area (Å²) in [5, 5.41) is 9.78. The molecule has 0 radical (unpaired) electrons. The van der Waals surface area contributed by atoms with Crippen LogP contribution in [0.3, 0.4) is 0 Å². The van der Waals surface area contributed by atoms with Crippen molar-refractivity contribution in [3.8, 4) is 22.9 Å². The summed E-state index contributed by atoms with van der Waals surface area (Å²) in [5.74, 6) is 1.36. The molecule has 0 aliphatic rings. The first-order chi connectivity index (χ1) is 10.8. The molecule has 118 valence electrons. The van der Waals surface area contributed by atoms with E-state index in [1.54, 1.807) is 30.6 Å². The summed E-state index contributed by atoms with van der Waals surface area (Å²) in [4.78, 5) is 8.51. The molecule has 0 fully saturated rings. The zero-order chi connectivity index (χ0) is 15.6. The predicted octanol–water partition coefficient (Wildman–Crippen LogP) is 4.59. The number of aromatic hydroxyl groups is 1. The summed E-state index contributed by atoms with van der Waals surface area (Å²) in [6.45, 7) is 2.92. The molecule has 0 saturated carbocycles. The zero-order valence-corrected chi connectivity index (χ0v) is 13.2. The maximum Gasteiger partial charge on any atom is 0.163 e. The quantitative estimate of drug-likeness (QED) is 0.688. The largest absolute Gasteiger partial charge is 0.507 e. The van der Waals surface area contributed by atoms with Gasteiger partial charge in [-0.25, -0.2) is 9.97 Å². The number of benzene rings is 1. The third-order valence-electron chi connectivity index (χ3n) is 3.54. The van der Waals surface area contributed by atoms with Crippen LogP contribution >= 0.6 is 0 Å². The number of unbranched alkanes of at least 4 members (excludes halogenated alkanes) is 5. The predicted molar refractivity (Wildman–Crippen MR) is 88.0 cm³/mol. The summed E-state index contributed by atoms with van der Waals surface area (Å²) in [5.41, 5.74) is 0.630. The van der Waals surface area contributed by atoms with Gasteiger partial charge < -0.3 is 9.84 Å². The van der Waals surface area contributed by atoms with Gasteiger partial charge in [-0.15, -0.1) is 0 Å². The second-order valence-electron chi connectivity index (χ2n) is 5.38. The maximum absolute atomic E-state index is 9.78. The van der Waals surface area contributed by atoms with E-state index < -0.39 is 0 Å². The molecule has 4 heteroatoms. The highest BCUT2D eigenvalue weighted by atomic mass is 16.5. The van der Waals surface area contributed by atoms with Crippen LogP contribution in [-0.2, 0) is 0 Å². The Kier molecular flexibility index (Phi) is 6.68. The number of rotatable bonds is 9. The minimum atomic E-state index is 0.184. The molecule has 2 rings (SSSR count). The molecule has 22 heavy (non-hydrogen) atoms. The van der Waals surface area contributed by atoms with Crippen molar-refractivity contribution >= 4 is 0 Å². The van der Waals surface area contributed by atoms with E-state index in [4.69, 9.17) is 4.74 Å². The van der Waals surface area contributed by atoms with E-state index in [2.05, 4.69) is 16.9 Å². The van der Waals surface area contributed by atoms with Crippen molar-refractivity contribution in [1.82, 2.24) is 9.97 Å². The molecule has 0 spiro atoms. The molecule has 4 nitrogen and oxygen atoms in total. The highest BCUT2D eigenvalue weighted by Crippen LogP contribution is 2.25. The van der Waals surface area contributed by atoms with Crippen molar-refractivity contribution in [3.63, 3.8) is 0 Å². The van der Waals surface area contributed by atoms with Crippen molar-refractivity contribution in [2.24, 2.45) is 0 Å². The lowest BCUT2D eigenvalue weighted by atomic mass is 10.1. The second-order valence-corrected chi connectivity index (χ2v) is 5.38. The third kappa shape index (κ3) is 5.02. The van der Waals surface area contributed by atoms with Crippen molar-refractivity contribution in [3.05, 3.63) is 36.7 Å². The van der Waals surface area contributed by atoms with Crippen molar-refractivity contribution in [2.75, 3.05) is 6.61 Å². The maximum atomic E-state index is 9.78. The molecule has 1 N–H and O–H groups in total. The highest BCUT2D eigenvalue weighted by Gasteiger charge is 2.06. The average molecular weight is 300 g/mol. The molecule has 0 atom stereocenters. The molecule has 0 aliphatic carbocycles. The van der Waals surface area contributed by atoms with Gasteiger partial charge in [-0.3, -0.25) is 0 Å². The number of para-hydroxylation sites is 1. The molecule has 0 unspecified atom stereocenters. The molecule has 0 saturated heterocycles. The number of hydrogen-bond acceptors (Lipinski definition) is 4. The Bertz CT molecular complexity index is 555. The van der Waals surface area contributed by atoms with E-state index in [1.807, 2.05) is 6.07 Å². The van der Waals surface area contributed by atoms with Gasteiger partial charge >= 0.3 is 0 Å². The van der Waals surface area contributed by atoms with E-state index in [9.17, 15) is 5.11 Å². The fourth-order valence-corrected chi connectivity index (χ4v) is 2.26. The number of hydrogen-bond donors (Lipinski definition) is 1. The Labute approximate surface area is 132 Å². The Morgan fingerprint density at radius 1 is 0.955 bits per heavy atom. The van der Waals surface area contributed by atoms with Crippen LogP contribution in [0.15, 0.2) is 36.7 Å². The van der Waals surface area contributed by atoms with Gasteiger partial charge in [0.2, 0.25) is 0 Å². The molecular weight excluding hydrogens is 276 g/mol. The van der Waals surface area contributed by atoms with Crippen molar-refractivity contribution in [1.29, 1.82) is 0 Å². The molecule has 1 heterocycles. The zero-order valence-electron chi connectivity index (χ0n) is 13.2. The molecule has 0 aliphatic heterocycles. The monoisotopic (exact) mass is 300 g/mol. The van der Waals surface area contributed by atoms with Gasteiger partial charge in [-0.05, 0) is 18.6 Å². The lowest BCUT2D eigenvalue weighted by Crippen LogP contribution is -1.99. The van der Waals surface area contributed by atoms with Crippen LogP contribution in [0, 0.1) is 0 Å². The number of phenolic OH excluding ortho intramolecular Hbond substituents is 1. The van der Waals surface area contributed by atoms with Crippen LogP contribution < -0.4 is 4.74 Å². The summed E-state index contributed by atoms with van der Waals surface area (Å²) >= 11 is 0. The summed E-state index contributed by atoms with van der Waals surface area (Å²) < 4.78 is 5.65. The first-order valence-corrected chi connectivity index (χ1v) is 8.04. The van der Waals surface area contributed by atoms with Crippen LogP contribution in [-0.4, -0.2) is 21.7 Å². The first-order valence-electron chi connectivity index (χ1n) is 8.04. The van der Waals surface area contributed by atoms with E-state index in [1.165, 1.54) is 32.1 Å². The molecule has 1 aromatic heterocycles. The van der Waals surface area contributed by atoms with Gasteiger partial charge in [0.25, 0.3) is 0 Å². The number of phenols is 1. The number of nitrogens with zero attached hydrogens (tertiary/aromatic N) is 2. The lowest BCUT2D eigenvalue weighted by molar-refractivity contribution is 0.302. The van der Waals surface area contributed by atoms with Crippen molar-refractivity contribution < 1.29 is 9.84 Å². The fourth-order valence-electron chi connectivity index (χ4n) is 2.26. The lowest BCUT2D eigenvalue weighted by Gasteiger charge is -2.07. The standard InChI is InChI=1S/C18H24N2O2/c1-2-3-4-5-6-9-12-22-15-13-19-18(20-14-15)16-10-7-8-11-17(16)21/h7-8,10-11,13-14,21H,2-6,9,12H2,1H3. The molecule has 2 aromatic rings. The van der Waals surface area contributed by atoms with Gasteiger partial charge in [-0.2, -0.15) is 0 Å². The fraction of sp³-hybridized carbons (Fsp3) is 0.444. The molecule has 0 bridgehead atoms. The van der Waals surface area contributed by atoms with Crippen LogP contribution in [0.25, 0.3) is 11.4 Å². The van der Waals surface area contributed by atoms with Gasteiger partial charge in [0.15, 0.2) is 11.6 Å². The van der Waals surface area contributed by atoms with Crippen LogP contribution in [0.4, 0.5) is 0 Å². The summed E-state index contributed by atoms with van der Waals surface area (Å²) in [6.07, 6.45) is 10.8. The molecular formula is C18H24N2O2. The van der Waals surface area contributed by atoms with E-state index in [0.717, 1.165) is 6.42 Å². The topological polar surface area (TPSA) is 55.2 Å². The van der Waals surface area contributed by atoms with E-state index >= 15 is 0 Å². The van der Waals surface area contributed by atoms with Crippen LogP contribution in [0.1, 0.15) is 45.4 Å². The Hall–Kier alpha value is -2.10. The number of aromatic nitrogens is 2. The average Bonchev–Trinajstić information content (AvgIpc) is 2.55. The Morgan fingerprint density at radius 3 is 2.36 bits per heavy atom. The van der Waals surface area contributed by atoms with Gasteiger partial charge in [0.1, 0.15) is 5.75 Å². The minimum Gasteiger partial charge on any atom is -0.507 e. The van der Waals surface area contributed by atoms with E-state index in [-0.39, 0.29) is 5.75 Å². The van der Waals surface area contributed by atoms with Crippen molar-refractivity contribution in [2.45, 2.75) is 45.4 Å². The first kappa shape index (κ1) is 16.3. The highest BCUT2D eigenvalue weighted by molar-refractivity contribution is 5.63. The van der Waals surface area contributed by atoms with Gasteiger partial charge in [0, 0.05) is 0 Å². The SMILES string of the molecule is CCCCCCCCOc1cnc(-c2ccccc2O)nc1. The van der Waals surface area contributed by atoms with Gasteiger partial charge in [0.05, 0.1) is 24.6 Å². The van der Waals surface area contributed by atoms with E-state index in [0.29, 0.717) is 23.7 Å². The third-order valence-corrected chi connectivity index (χ3v) is 3.54. The van der Waals surface area contributed by atoms with Crippen LogP contribution in [0.5, 0.6) is 11.5 Å². The molecule has 0 amide bonds. The number of ether oxygens (including phenoxy) is 1. The van der Waals surface area contributed by atoms with Crippen LogP contribution in [0.2, 0.25) is 0 Å². The normalized spacial score (nSPS) is 10.6. The summed E-state index contributed by atoms with van der Waals surface area (Å²) in [7, 11) is 0.